The standard InChI is InChI=1S/C17H29NO/c1-4-6-7-8-16(18-13-5-2)14-15-9-11-17(19-3)12-10-15/h9-12,16,18H,4-8,13-14H2,1-3H3. The molecule has 2 nitrogen and oxygen atoms in total. The van der Waals surface area contributed by atoms with E-state index in [1.54, 1.807) is 7.11 Å². The lowest BCUT2D eigenvalue weighted by atomic mass is 10.00. The van der Waals surface area contributed by atoms with Crippen molar-refractivity contribution in [1.29, 1.82) is 0 Å². The van der Waals surface area contributed by atoms with E-state index >= 15 is 0 Å². The molecule has 0 amide bonds. The van der Waals surface area contributed by atoms with Gasteiger partial charge in [-0.15, -0.1) is 0 Å². The maximum absolute atomic E-state index is 5.20. The molecule has 1 aromatic carbocycles. The molecular formula is C17H29NO. The maximum atomic E-state index is 5.20. The number of unbranched alkanes of at least 4 members (excludes halogenated alkanes) is 2. The predicted octanol–water partition coefficient (Wildman–Crippen LogP) is 4.19. The van der Waals surface area contributed by atoms with E-state index in [0.717, 1.165) is 18.7 Å². The van der Waals surface area contributed by atoms with Gasteiger partial charge < -0.3 is 10.1 Å². The van der Waals surface area contributed by atoms with Crippen LogP contribution in [-0.4, -0.2) is 19.7 Å². The van der Waals surface area contributed by atoms with E-state index in [2.05, 4.69) is 43.4 Å². The Morgan fingerprint density at radius 2 is 1.79 bits per heavy atom. The van der Waals surface area contributed by atoms with Gasteiger partial charge in [-0.05, 0) is 43.5 Å². The van der Waals surface area contributed by atoms with Crippen molar-refractivity contribution in [2.45, 2.75) is 58.4 Å². The highest BCUT2D eigenvalue weighted by atomic mass is 16.5. The molecule has 0 radical (unpaired) electrons. The van der Waals surface area contributed by atoms with Gasteiger partial charge in [-0.3, -0.25) is 0 Å². The first kappa shape index (κ1) is 16.0. The van der Waals surface area contributed by atoms with Gasteiger partial charge in [-0.25, -0.2) is 0 Å². The van der Waals surface area contributed by atoms with Crippen LogP contribution in [0.15, 0.2) is 24.3 Å². The second-order valence-corrected chi connectivity index (χ2v) is 5.20. The summed E-state index contributed by atoms with van der Waals surface area (Å²) in [7, 11) is 1.71. The van der Waals surface area contributed by atoms with Gasteiger partial charge in [0.05, 0.1) is 7.11 Å². The Kier molecular flexibility index (Phi) is 8.31. The van der Waals surface area contributed by atoms with Crippen LogP contribution in [0.1, 0.15) is 51.5 Å². The number of nitrogens with one attached hydrogen (secondary N) is 1. The van der Waals surface area contributed by atoms with Crippen LogP contribution in [0.25, 0.3) is 0 Å². The summed E-state index contributed by atoms with van der Waals surface area (Å²) in [6.07, 6.45) is 7.56. The van der Waals surface area contributed by atoms with E-state index < -0.39 is 0 Å². The van der Waals surface area contributed by atoms with E-state index in [9.17, 15) is 0 Å². The Balaban J connectivity index is 2.48. The highest BCUT2D eigenvalue weighted by molar-refractivity contribution is 5.27. The number of hydrogen-bond donors (Lipinski definition) is 1. The first-order chi connectivity index (χ1) is 9.30. The quantitative estimate of drug-likeness (QED) is 0.639. The molecule has 0 aliphatic carbocycles. The molecule has 0 heterocycles. The minimum absolute atomic E-state index is 0.611. The van der Waals surface area contributed by atoms with Gasteiger partial charge in [0.2, 0.25) is 0 Å². The zero-order chi connectivity index (χ0) is 13.9. The van der Waals surface area contributed by atoms with Gasteiger partial charge in [0.15, 0.2) is 0 Å². The summed E-state index contributed by atoms with van der Waals surface area (Å²) < 4.78 is 5.20. The fourth-order valence-corrected chi connectivity index (χ4v) is 2.31. The molecule has 108 valence electrons. The molecule has 2 heteroatoms. The first-order valence-electron chi connectivity index (χ1n) is 7.66. The normalized spacial score (nSPS) is 12.4. The second-order valence-electron chi connectivity index (χ2n) is 5.20. The molecule has 0 aliphatic rings. The zero-order valence-corrected chi connectivity index (χ0v) is 12.7. The van der Waals surface area contributed by atoms with Gasteiger partial charge in [-0.1, -0.05) is 45.2 Å². The van der Waals surface area contributed by atoms with Gasteiger partial charge in [0.1, 0.15) is 5.75 Å². The lowest BCUT2D eigenvalue weighted by molar-refractivity contribution is 0.414. The maximum Gasteiger partial charge on any atom is 0.118 e. The van der Waals surface area contributed by atoms with E-state index in [1.165, 1.54) is 37.7 Å². The topological polar surface area (TPSA) is 21.3 Å². The second kappa shape index (κ2) is 9.85. The molecule has 1 unspecified atom stereocenters. The minimum atomic E-state index is 0.611. The van der Waals surface area contributed by atoms with Crippen LogP contribution < -0.4 is 10.1 Å². The van der Waals surface area contributed by atoms with Crippen LogP contribution in [0.5, 0.6) is 5.75 Å². The molecule has 0 aromatic heterocycles. The van der Waals surface area contributed by atoms with Crippen molar-refractivity contribution in [3.8, 4) is 5.75 Å². The number of rotatable bonds is 10. The largest absolute Gasteiger partial charge is 0.497 e. The lowest BCUT2D eigenvalue weighted by Crippen LogP contribution is -2.31. The van der Waals surface area contributed by atoms with Crippen LogP contribution in [0, 0.1) is 0 Å². The SMILES string of the molecule is CCCCCC(Cc1ccc(OC)cc1)NCCC. The highest BCUT2D eigenvalue weighted by Crippen LogP contribution is 2.15. The molecule has 0 fully saturated rings. The van der Waals surface area contributed by atoms with E-state index in [1.807, 2.05) is 0 Å². The van der Waals surface area contributed by atoms with Gasteiger partial charge in [0, 0.05) is 6.04 Å². The van der Waals surface area contributed by atoms with Crippen LogP contribution in [0.4, 0.5) is 0 Å². The minimum Gasteiger partial charge on any atom is -0.497 e. The molecule has 1 rings (SSSR count). The molecule has 0 aliphatic heterocycles. The average molecular weight is 263 g/mol. The predicted molar refractivity (Wildman–Crippen MR) is 82.9 cm³/mol. The molecule has 0 saturated heterocycles. The number of benzene rings is 1. The van der Waals surface area contributed by atoms with Crippen LogP contribution in [0.3, 0.4) is 0 Å². The average Bonchev–Trinajstić information content (AvgIpc) is 2.45. The summed E-state index contributed by atoms with van der Waals surface area (Å²) >= 11 is 0. The molecule has 1 N–H and O–H groups in total. The van der Waals surface area contributed by atoms with E-state index in [0.29, 0.717) is 6.04 Å². The van der Waals surface area contributed by atoms with Crippen molar-refractivity contribution in [1.82, 2.24) is 5.32 Å². The summed E-state index contributed by atoms with van der Waals surface area (Å²) in [4.78, 5) is 0. The molecular weight excluding hydrogens is 234 g/mol. The van der Waals surface area contributed by atoms with Gasteiger partial charge in [0.25, 0.3) is 0 Å². The molecule has 0 bridgehead atoms. The monoisotopic (exact) mass is 263 g/mol. The summed E-state index contributed by atoms with van der Waals surface area (Å²) in [5.74, 6) is 0.938. The van der Waals surface area contributed by atoms with Gasteiger partial charge >= 0.3 is 0 Å². The molecule has 1 aromatic rings. The lowest BCUT2D eigenvalue weighted by Gasteiger charge is -2.18. The molecule has 0 saturated carbocycles. The Hall–Kier alpha value is -1.02. The van der Waals surface area contributed by atoms with Crippen molar-refractivity contribution in [2.24, 2.45) is 0 Å². The first-order valence-corrected chi connectivity index (χ1v) is 7.66. The summed E-state index contributed by atoms with van der Waals surface area (Å²) in [6, 6.07) is 9.08. The van der Waals surface area contributed by atoms with Crippen LogP contribution >= 0.6 is 0 Å². The van der Waals surface area contributed by atoms with E-state index in [-0.39, 0.29) is 0 Å². The molecule has 19 heavy (non-hydrogen) atoms. The Morgan fingerprint density at radius 3 is 2.37 bits per heavy atom. The van der Waals surface area contributed by atoms with Gasteiger partial charge in [-0.2, -0.15) is 0 Å². The van der Waals surface area contributed by atoms with E-state index in [4.69, 9.17) is 4.74 Å². The third-order valence-corrected chi connectivity index (χ3v) is 3.48. The Morgan fingerprint density at radius 1 is 1.05 bits per heavy atom. The molecule has 0 spiro atoms. The van der Waals surface area contributed by atoms with Crippen LogP contribution in [-0.2, 0) is 6.42 Å². The third kappa shape index (κ3) is 6.63. The van der Waals surface area contributed by atoms with Crippen molar-refractivity contribution in [3.63, 3.8) is 0 Å². The fraction of sp³-hybridized carbons (Fsp3) is 0.647. The number of hydrogen-bond acceptors (Lipinski definition) is 2. The van der Waals surface area contributed by atoms with Crippen molar-refractivity contribution < 1.29 is 4.74 Å². The molecule has 1 atom stereocenters. The zero-order valence-electron chi connectivity index (χ0n) is 12.7. The van der Waals surface area contributed by atoms with Crippen molar-refractivity contribution in [2.75, 3.05) is 13.7 Å². The summed E-state index contributed by atoms with van der Waals surface area (Å²) in [6.45, 7) is 5.61. The highest BCUT2D eigenvalue weighted by Gasteiger charge is 2.08. The van der Waals surface area contributed by atoms with Crippen LogP contribution in [0.2, 0.25) is 0 Å². The number of methoxy groups -OCH3 is 1. The third-order valence-electron chi connectivity index (χ3n) is 3.48. The fourth-order valence-electron chi connectivity index (χ4n) is 2.31. The number of ether oxygens (including phenoxy) is 1. The van der Waals surface area contributed by atoms with Crippen molar-refractivity contribution >= 4 is 0 Å². The van der Waals surface area contributed by atoms with Crippen molar-refractivity contribution in [3.05, 3.63) is 29.8 Å². The Bertz CT molecular complexity index is 321. The summed E-state index contributed by atoms with van der Waals surface area (Å²) in [5, 5.41) is 3.67. The summed E-state index contributed by atoms with van der Waals surface area (Å²) in [5.41, 5.74) is 1.39. The smallest absolute Gasteiger partial charge is 0.118 e. The Labute approximate surface area is 118 Å².